The van der Waals surface area contributed by atoms with Crippen LogP contribution in [0.25, 0.3) is 11.4 Å². The molecular formula is C15H15F3N4O. The summed E-state index contributed by atoms with van der Waals surface area (Å²) in [6.45, 7) is 0. The van der Waals surface area contributed by atoms with Crippen LogP contribution >= 0.6 is 0 Å². The van der Waals surface area contributed by atoms with Crippen molar-refractivity contribution in [1.29, 1.82) is 0 Å². The van der Waals surface area contributed by atoms with Crippen LogP contribution in [0.5, 0.6) is 0 Å². The van der Waals surface area contributed by atoms with E-state index in [1.54, 1.807) is 24.7 Å². The quantitative estimate of drug-likeness (QED) is 0.853. The molecule has 0 bridgehead atoms. The molecule has 8 heteroatoms. The number of alkyl halides is 3. The summed E-state index contributed by atoms with van der Waals surface area (Å²) >= 11 is 0. The number of hydrogen-bond acceptors (Lipinski definition) is 3. The highest BCUT2D eigenvalue weighted by Gasteiger charge is 2.35. The average Bonchev–Trinajstić information content (AvgIpc) is 3.07. The number of halogens is 3. The van der Waals surface area contributed by atoms with Crippen molar-refractivity contribution in [2.75, 3.05) is 14.1 Å². The van der Waals surface area contributed by atoms with Crippen molar-refractivity contribution >= 4 is 5.91 Å². The summed E-state index contributed by atoms with van der Waals surface area (Å²) in [5.41, 5.74) is -0.446. The summed E-state index contributed by atoms with van der Waals surface area (Å²) in [4.78, 5) is 13.8. The molecule has 0 spiro atoms. The van der Waals surface area contributed by atoms with Crippen LogP contribution in [-0.4, -0.2) is 39.7 Å². The third kappa shape index (κ3) is 2.69. The molecule has 0 fully saturated rings. The Balaban J connectivity index is 2.06. The van der Waals surface area contributed by atoms with Crippen LogP contribution in [0.2, 0.25) is 0 Å². The highest BCUT2D eigenvalue weighted by molar-refractivity contribution is 5.81. The SMILES string of the molecule is CN(C)C(=O)C1CCc2nnc(-c3cccc(C(F)(F)F)c3)n21. The Labute approximate surface area is 130 Å². The second kappa shape index (κ2) is 5.36. The first kappa shape index (κ1) is 15.5. The van der Waals surface area contributed by atoms with Gasteiger partial charge in [0.2, 0.25) is 5.91 Å². The van der Waals surface area contributed by atoms with Crippen LogP contribution in [0.3, 0.4) is 0 Å². The molecule has 2 heterocycles. The fourth-order valence-corrected chi connectivity index (χ4v) is 2.78. The number of aromatic nitrogens is 3. The highest BCUT2D eigenvalue weighted by atomic mass is 19.4. The number of fused-ring (bicyclic) bond motifs is 1. The standard InChI is InChI=1S/C15H15F3N4O/c1-21(2)14(23)11-6-7-12-19-20-13(22(11)12)9-4-3-5-10(8-9)15(16,17)18/h3-5,8,11H,6-7H2,1-2H3. The van der Waals surface area contributed by atoms with Gasteiger partial charge >= 0.3 is 6.18 Å². The second-order valence-corrected chi connectivity index (χ2v) is 5.68. The molecule has 1 unspecified atom stereocenters. The minimum absolute atomic E-state index is 0.114. The lowest BCUT2D eigenvalue weighted by atomic mass is 10.1. The average molecular weight is 324 g/mol. The van der Waals surface area contributed by atoms with E-state index in [9.17, 15) is 18.0 Å². The van der Waals surface area contributed by atoms with Crippen LogP contribution in [0, 0.1) is 0 Å². The molecule has 1 amide bonds. The summed E-state index contributed by atoms with van der Waals surface area (Å²) in [6, 6.07) is 4.44. The second-order valence-electron chi connectivity index (χ2n) is 5.68. The smallest absolute Gasteiger partial charge is 0.347 e. The monoisotopic (exact) mass is 324 g/mol. The normalized spacial score (nSPS) is 17.2. The van der Waals surface area contributed by atoms with E-state index in [0.29, 0.717) is 30.1 Å². The van der Waals surface area contributed by atoms with E-state index in [1.165, 1.54) is 11.0 Å². The van der Waals surface area contributed by atoms with Crippen molar-refractivity contribution in [2.24, 2.45) is 0 Å². The maximum absolute atomic E-state index is 12.9. The van der Waals surface area contributed by atoms with Crippen molar-refractivity contribution < 1.29 is 18.0 Å². The van der Waals surface area contributed by atoms with E-state index in [0.717, 1.165) is 12.1 Å². The first-order chi connectivity index (χ1) is 10.8. The van der Waals surface area contributed by atoms with Crippen molar-refractivity contribution in [2.45, 2.75) is 25.1 Å². The Kier molecular flexibility index (Phi) is 3.62. The van der Waals surface area contributed by atoms with E-state index in [4.69, 9.17) is 0 Å². The third-order valence-corrected chi connectivity index (χ3v) is 3.89. The Morgan fingerprint density at radius 2 is 2.04 bits per heavy atom. The maximum Gasteiger partial charge on any atom is 0.416 e. The molecule has 3 rings (SSSR count). The van der Waals surface area contributed by atoms with Crippen molar-refractivity contribution in [3.63, 3.8) is 0 Å². The Hall–Kier alpha value is -2.38. The number of benzene rings is 1. The van der Waals surface area contributed by atoms with Crippen LogP contribution in [0.15, 0.2) is 24.3 Å². The third-order valence-electron chi connectivity index (χ3n) is 3.89. The van der Waals surface area contributed by atoms with Gasteiger partial charge in [0.1, 0.15) is 11.9 Å². The summed E-state index contributed by atoms with van der Waals surface area (Å²) in [6.07, 6.45) is -3.27. The van der Waals surface area contributed by atoms with Gasteiger partial charge in [-0.3, -0.25) is 9.36 Å². The highest BCUT2D eigenvalue weighted by Crippen LogP contribution is 2.35. The van der Waals surface area contributed by atoms with Gasteiger partial charge < -0.3 is 4.90 Å². The molecule has 1 atom stereocenters. The fourth-order valence-electron chi connectivity index (χ4n) is 2.78. The minimum atomic E-state index is -4.43. The van der Waals surface area contributed by atoms with Crippen molar-refractivity contribution in [3.05, 3.63) is 35.7 Å². The zero-order chi connectivity index (χ0) is 16.8. The molecule has 5 nitrogen and oxygen atoms in total. The van der Waals surface area contributed by atoms with Gasteiger partial charge in [0.15, 0.2) is 5.82 Å². The molecule has 122 valence electrons. The van der Waals surface area contributed by atoms with E-state index in [2.05, 4.69) is 10.2 Å². The molecule has 0 radical (unpaired) electrons. The lowest BCUT2D eigenvalue weighted by Gasteiger charge is -2.19. The topological polar surface area (TPSA) is 51.0 Å². The van der Waals surface area contributed by atoms with Gasteiger partial charge in [0.05, 0.1) is 5.56 Å². The van der Waals surface area contributed by atoms with Gasteiger partial charge in [-0.2, -0.15) is 13.2 Å². The number of carbonyl (C=O) groups is 1. The summed E-state index contributed by atoms with van der Waals surface area (Å²) in [5.74, 6) is 0.804. The van der Waals surface area contributed by atoms with Crippen LogP contribution in [-0.2, 0) is 17.4 Å². The molecular weight excluding hydrogens is 309 g/mol. The van der Waals surface area contributed by atoms with Crippen LogP contribution in [0.1, 0.15) is 23.9 Å². The first-order valence-electron chi connectivity index (χ1n) is 7.11. The number of hydrogen-bond donors (Lipinski definition) is 0. The lowest BCUT2D eigenvalue weighted by Crippen LogP contribution is -2.30. The Morgan fingerprint density at radius 1 is 1.30 bits per heavy atom. The minimum Gasteiger partial charge on any atom is -0.347 e. The molecule has 1 aliphatic heterocycles. The number of amides is 1. The van der Waals surface area contributed by atoms with Crippen LogP contribution < -0.4 is 0 Å². The number of rotatable bonds is 2. The predicted molar refractivity (Wildman–Crippen MR) is 76.5 cm³/mol. The molecule has 0 aliphatic carbocycles. The number of likely N-dealkylation sites (N-methyl/N-ethyl adjacent to an activating group) is 1. The zero-order valence-electron chi connectivity index (χ0n) is 12.6. The van der Waals surface area contributed by atoms with E-state index in [1.807, 2.05) is 0 Å². The molecule has 1 aromatic carbocycles. The van der Waals surface area contributed by atoms with Gasteiger partial charge in [-0.05, 0) is 18.6 Å². The summed E-state index contributed by atoms with van der Waals surface area (Å²) < 4.78 is 40.3. The van der Waals surface area contributed by atoms with Crippen molar-refractivity contribution in [1.82, 2.24) is 19.7 Å². The largest absolute Gasteiger partial charge is 0.416 e. The molecule has 1 aromatic heterocycles. The lowest BCUT2D eigenvalue weighted by molar-refractivity contribution is -0.137. The van der Waals surface area contributed by atoms with Gasteiger partial charge in [-0.25, -0.2) is 0 Å². The number of carbonyl (C=O) groups excluding carboxylic acids is 1. The summed E-state index contributed by atoms with van der Waals surface area (Å²) in [7, 11) is 3.29. The zero-order valence-corrected chi connectivity index (χ0v) is 12.6. The van der Waals surface area contributed by atoms with Gasteiger partial charge in [0, 0.05) is 26.1 Å². The summed E-state index contributed by atoms with van der Waals surface area (Å²) in [5, 5.41) is 8.02. The Bertz CT molecular complexity index is 751. The van der Waals surface area contributed by atoms with Gasteiger partial charge in [-0.1, -0.05) is 12.1 Å². The first-order valence-corrected chi connectivity index (χ1v) is 7.11. The van der Waals surface area contributed by atoms with Crippen molar-refractivity contribution in [3.8, 4) is 11.4 Å². The maximum atomic E-state index is 12.9. The Morgan fingerprint density at radius 3 is 2.70 bits per heavy atom. The van der Waals surface area contributed by atoms with E-state index < -0.39 is 17.8 Å². The van der Waals surface area contributed by atoms with Crippen LogP contribution in [0.4, 0.5) is 13.2 Å². The molecule has 0 N–H and O–H groups in total. The molecule has 0 saturated carbocycles. The molecule has 0 saturated heterocycles. The number of nitrogens with zero attached hydrogens (tertiary/aromatic N) is 4. The molecule has 2 aromatic rings. The number of aryl methyl sites for hydroxylation is 1. The van der Waals surface area contributed by atoms with Gasteiger partial charge in [0.25, 0.3) is 0 Å². The fraction of sp³-hybridized carbons (Fsp3) is 0.400. The van der Waals surface area contributed by atoms with Gasteiger partial charge in [-0.15, -0.1) is 10.2 Å². The molecule has 1 aliphatic rings. The molecule has 23 heavy (non-hydrogen) atoms. The van der Waals surface area contributed by atoms with E-state index in [-0.39, 0.29) is 5.91 Å². The predicted octanol–water partition coefficient (Wildman–Crippen LogP) is 2.54. The van der Waals surface area contributed by atoms with E-state index >= 15 is 0 Å².